The minimum atomic E-state index is -0.140. The lowest BCUT2D eigenvalue weighted by molar-refractivity contribution is 0.246. The fourth-order valence-corrected chi connectivity index (χ4v) is 1.99. The van der Waals surface area contributed by atoms with Crippen LogP contribution >= 0.6 is 0 Å². The van der Waals surface area contributed by atoms with Crippen LogP contribution in [0.4, 0.5) is 10.5 Å². The van der Waals surface area contributed by atoms with Gasteiger partial charge in [-0.2, -0.15) is 0 Å². The van der Waals surface area contributed by atoms with Gasteiger partial charge in [-0.05, 0) is 18.1 Å². The first-order valence-electron chi connectivity index (χ1n) is 5.50. The number of hydrogen-bond acceptors (Lipinski definition) is 2. The molecule has 1 unspecified atom stereocenters. The van der Waals surface area contributed by atoms with Crippen molar-refractivity contribution in [3.8, 4) is 5.75 Å². The molecule has 0 spiro atoms. The fourth-order valence-electron chi connectivity index (χ4n) is 1.99. The van der Waals surface area contributed by atoms with Gasteiger partial charge in [-0.1, -0.05) is 19.4 Å². The summed E-state index contributed by atoms with van der Waals surface area (Å²) >= 11 is 0. The molecule has 86 valence electrons. The van der Waals surface area contributed by atoms with Crippen LogP contribution in [-0.4, -0.2) is 13.1 Å². The second-order valence-corrected chi connectivity index (χ2v) is 3.89. The van der Waals surface area contributed by atoms with E-state index in [-0.39, 0.29) is 12.1 Å². The van der Waals surface area contributed by atoms with Crippen molar-refractivity contribution in [2.45, 2.75) is 25.8 Å². The van der Waals surface area contributed by atoms with E-state index < -0.39 is 0 Å². The van der Waals surface area contributed by atoms with E-state index in [0.29, 0.717) is 0 Å². The van der Waals surface area contributed by atoms with E-state index in [2.05, 4.69) is 17.6 Å². The molecule has 1 aromatic carbocycles. The molecule has 4 heteroatoms. The van der Waals surface area contributed by atoms with Gasteiger partial charge in [-0.15, -0.1) is 0 Å². The number of benzene rings is 1. The third-order valence-electron chi connectivity index (χ3n) is 2.77. The van der Waals surface area contributed by atoms with Crippen molar-refractivity contribution in [1.29, 1.82) is 0 Å². The second kappa shape index (κ2) is 4.43. The van der Waals surface area contributed by atoms with E-state index in [1.54, 1.807) is 7.11 Å². The predicted molar refractivity (Wildman–Crippen MR) is 62.8 cm³/mol. The van der Waals surface area contributed by atoms with Crippen molar-refractivity contribution in [3.63, 3.8) is 0 Å². The molecule has 16 heavy (non-hydrogen) atoms. The van der Waals surface area contributed by atoms with Gasteiger partial charge in [0.15, 0.2) is 0 Å². The van der Waals surface area contributed by atoms with Gasteiger partial charge in [-0.3, -0.25) is 0 Å². The summed E-state index contributed by atoms with van der Waals surface area (Å²) in [6.07, 6.45) is 1.99. The second-order valence-electron chi connectivity index (χ2n) is 3.89. The van der Waals surface area contributed by atoms with Crippen LogP contribution in [0, 0.1) is 0 Å². The van der Waals surface area contributed by atoms with Crippen molar-refractivity contribution < 1.29 is 9.53 Å². The first kappa shape index (κ1) is 10.8. The van der Waals surface area contributed by atoms with Gasteiger partial charge >= 0.3 is 6.03 Å². The minimum absolute atomic E-state index is 0.111. The van der Waals surface area contributed by atoms with Crippen LogP contribution in [0.5, 0.6) is 5.75 Å². The van der Waals surface area contributed by atoms with Crippen LogP contribution in [-0.2, 0) is 0 Å². The Hall–Kier alpha value is -1.71. The van der Waals surface area contributed by atoms with Gasteiger partial charge < -0.3 is 15.4 Å². The molecule has 1 heterocycles. The zero-order valence-electron chi connectivity index (χ0n) is 9.54. The summed E-state index contributed by atoms with van der Waals surface area (Å²) in [5.74, 6) is 0.760. The van der Waals surface area contributed by atoms with Gasteiger partial charge in [0.1, 0.15) is 5.75 Å². The number of rotatable bonds is 3. The molecule has 0 bridgehead atoms. The predicted octanol–water partition coefficient (Wildman–Crippen LogP) is 2.67. The van der Waals surface area contributed by atoms with Crippen LogP contribution in [0.1, 0.15) is 31.4 Å². The number of ether oxygens (including phenoxy) is 1. The van der Waals surface area contributed by atoms with E-state index in [4.69, 9.17) is 4.74 Å². The monoisotopic (exact) mass is 220 g/mol. The molecule has 0 aromatic heterocycles. The molecule has 1 atom stereocenters. The number of hydrogen-bond donors (Lipinski definition) is 2. The quantitative estimate of drug-likeness (QED) is 0.822. The summed E-state index contributed by atoms with van der Waals surface area (Å²) < 4.78 is 5.14. The van der Waals surface area contributed by atoms with E-state index >= 15 is 0 Å². The molecule has 0 radical (unpaired) electrons. The molecular formula is C12H16N2O2. The molecule has 1 aliphatic rings. The number of fused-ring (bicyclic) bond motifs is 1. The molecule has 0 aliphatic carbocycles. The van der Waals surface area contributed by atoms with Gasteiger partial charge in [-0.25, -0.2) is 4.79 Å². The Kier molecular flexibility index (Phi) is 2.99. The highest BCUT2D eigenvalue weighted by molar-refractivity contribution is 5.93. The Morgan fingerprint density at radius 3 is 2.94 bits per heavy atom. The van der Waals surface area contributed by atoms with Crippen molar-refractivity contribution >= 4 is 11.7 Å². The van der Waals surface area contributed by atoms with Crippen LogP contribution < -0.4 is 15.4 Å². The highest BCUT2D eigenvalue weighted by Crippen LogP contribution is 2.32. The fraction of sp³-hybridized carbons (Fsp3) is 0.417. The van der Waals surface area contributed by atoms with Gasteiger partial charge in [0.05, 0.1) is 18.8 Å². The molecule has 2 N–H and O–H groups in total. The number of nitrogens with one attached hydrogen (secondary N) is 2. The van der Waals surface area contributed by atoms with Crippen LogP contribution in [0.2, 0.25) is 0 Å². The summed E-state index contributed by atoms with van der Waals surface area (Å²) in [6.45, 7) is 2.11. The van der Waals surface area contributed by atoms with E-state index in [9.17, 15) is 4.79 Å². The summed E-state index contributed by atoms with van der Waals surface area (Å²) in [6, 6.07) is 5.75. The molecule has 4 nitrogen and oxygen atoms in total. The molecular weight excluding hydrogens is 204 g/mol. The van der Waals surface area contributed by atoms with Crippen molar-refractivity contribution in [2.75, 3.05) is 12.4 Å². The molecule has 2 rings (SSSR count). The van der Waals surface area contributed by atoms with Crippen molar-refractivity contribution in [2.24, 2.45) is 0 Å². The average molecular weight is 220 g/mol. The number of methoxy groups -OCH3 is 1. The Morgan fingerprint density at radius 2 is 2.25 bits per heavy atom. The Morgan fingerprint density at radius 1 is 1.44 bits per heavy atom. The van der Waals surface area contributed by atoms with Crippen molar-refractivity contribution in [1.82, 2.24) is 5.32 Å². The largest absolute Gasteiger partial charge is 0.497 e. The van der Waals surface area contributed by atoms with Crippen LogP contribution in [0.25, 0.3) is 0 Å². The topological polar surface area (TPSA) is 50.4 Å². The first-order valence-corrected chi connectivity index (χ1v) is 5.50. The highest BCUT2D eigenvalue weighted by atomic mass is 16.5. The number of anilines is 1. The van der Waals surface area contributed by atoms with Crippen LogP contribution in [0.15, 0.2) is 18.2 Å². The Bertz CT molecular complexity index is 404. The maximum Gasteiger partial charge on any atom is 0.319 e. The average Bonchev–Trinajstić information content (AvgIpc) is 2.28. The SMILES string of the molecule is CCCC1NC(=O)Nc2cc(OC)ccc21. The minimum Gasteiger partial charge on any atom is -0.497 e. The maximum atomic E-state index is 11.4. The smallest absolute Gasteiger partial charge is 0.319 e. The lowest BCUT2D eigenvalue weighted by Gasteiger charge is -2.27. The summed E-state index contributed by atoms with van der Waals surface area (Å²) in [4.78, 5) is 11.4. The Labute approximate surface area is 95.0 Å². The summed E-state index contributed by atoms with van der Waals surface area (Å²) in [5, 5.41) is 5.71. The Balaban J connectivity index is 2.35. The van der Waals surface area contributed by atoms with E-state index in [0.717, 1.165) is 29.8 Å². The van der Waals surface area contributed by atoms with Gasteiger partial charge in [0.25, 0.3) is 0 Å². The van der Waals surface area contributed by atoms with E-state index in [1.165, 1.54) is 0 Å². The van der Waals surface area contributed by atoms with Crippen molar-refractivity contribution in [3.05, 3.63) is 23.8 Å². The zero-order chi connectivity index (χ0) is 11.5. The number of amides is 2. The highest BCUT2D eigenvalue weighted by Gasteiger charge is 2.23. The lowest BCUT2D eigenvalue weighted by Crippen LogP contribution is -2.37. The zero-order valence-corrected chi connectivity index (χ0v) is 9.54. The van der Waals surface area contributed by atoms with Crippen LogP contribution in [0.3, 0.4) is 0 Å². The maximum absolute atomic E-state index is 11.4. The molecule has 1 aromatic rings. The molecule has 0 saturated carbocycles. The summed E-state index contributed by atoms with van der Waals surface area (Å²) in [5.41, 5.74) is 1.98. The summed E-state index contributed by atoms with van der Waals surface area (Å²) in [7, 11) is 1.62. The number of carbonyl (C=O) groups is 1. The standard InChI is InChI=1S/C12H16N2O2/c1-3-4-10-9-6-5-8(16-2)7-11(9)14-12(15)13-10/h5-7,10H,3-4H2,1-2H3,(H2,13,14,15). The molecule has 1 aliphatic heterocycles. The van der Waals surface area contributed by atoms with Gasteiger partial charge in [0, 0.05) is 6.07 Å². The molecule has 0 fully saturated rings. The van der Waals surface area contributed by atoms with Gasteiger partial charge in [0.2, 0.25) is 0 Å². The third-order valence-corrected chi connectivity index (χ3v) is 2.77. The van der Waals surface area contributed by atoms with E-state index in [1.807, 2.05) is 18.2 Å². The molecule has 2 amide bonds. The number of urea groups is 1. The third kappa shape index (κ3) is 1.96. The number of carbonyl (C=O) groups excluding carboxylic acids is 1. The molecule has 0 saturated heterocycles. The normalized spacial score (nSPS) is 18.4. The first-order chi connectivity index (χ1) is 7.74. The lowest BCUT2D eigenvalue weighted by atomic mass is 9.98.